The van der Waals surface area contributed by atoms with Crippen molar-refractivity contribution in [2.75, 3.05) is 5.32 Å². The summed E-state index contributed by atoms with van der Waals surface area (Å²) in [6, 6.07) is 1.59. The normalized spacial score (nSPS) is 23.2. The van der Waals surface area contributed by atoms with Crippen molar-refractivity contribution >= 4 is 55.8 Å². The van der Waals surface area contributed by atoms with Crippen LogP contribution in [0.1, 0.15) is 55.2 Å². The molecule has 4 heterocycles. The summed E-state index contributed by atoms with van der Waals surface area (Å²) in [6.45, 7) is 3.91. The van der Waals surface area contributed by atoms with Crippen LogP contribution in [0.3, 0.4) is 0 Å². The minimum atomic E-state index is -2.61. The fourth-order valence-corrected chi connectivity index (χ4v) is 5.79. The molecule has 0 saturated heterocycles. The molecule has 1 aliphatic carbocycles. The summed E-state index contributed by atoms with van der Waals surface area (Å²) >= 11 is 2.67. The molecule has 0 radical (unpaired) electrons. The summed E-state index contributed by atoms with van der Waals surface area (Å²) in [4.78, 5) is 27.3. The number of alkyl halides is 2. The summed E-state index contributed by atoms with van der Waals surface area (Å²) in [5.74, 6) is 0.124. The van der Waals surface area contributed by atoms with E-state index in [0.717, 1.165) is 28.7 Å². The van der Waals surface area contributed by atoms with Crippen LogP contribution in [0.2, 0.25) is 0 Å². The molecule has 5 nitrogen and oxygen atoms in total. The Hall–Kier alpha value is -1.87. The van der Waals surface area contributed by atoms with Crippen LogP contribution < -0.4 is 5.32 Å². The minimum absolute atomic E-state index is 0.0821. The van der Waals surface area contributed by atoms with E-state index in [-0.39, 0.29) is 23.6 Å². The maximum Gasteiger partial charge on any atom is 0.280 e. The fraction of sp³-hybridized carbons (Fsp3) is 0.444. The molecule has 1 N–H and O–H groups in total. The number of fused-ring (bicyclic) bond motifs is 5. The number of hydrogen-bond acceptors (Lipinski definition) is 5. The Balaban J connectivity index is 1.73. The number of nitrogens with zero attached hydrogens (tertiary/aromatic N) is 3. The number of pyridine rings is 1. The number of hydrogen-bond donors (Lipinski definition) is 1. The predicted molar refractivity (Wildman–Crippen MR) is 106 cm³/mol. The third-order valence-corrected chi connectivity index (χ3v) is 6.92. The Morgan fingerprint density at radius 1 is 1.33 bits per heavy atom. The maximum atomic E-state index is 13.3. The van der Waals surface area contributed by atoms with Gasteiger partial charge in [0.25, 0.3) is 6.43 Å². The van der Waals surface area contributed by atoms with Crippen LogP contribution in [-0.2, 0) is 4.79 Å². The molecule has 0 bridgehead atoms. The lowest BCUT2D eigenvalue weighted by atomic mass is 10.0. The van der Waals surface area contributed by atoms with Crippen molar-refractivity contribution in [2.24, 2.45) is 9.98 Å². The average Bonchev–Trinajstić information content (AvgIpc) is 3.26. The van der Waals surface area contributed by atoms with E-state index in [1.165, 1.54) is 29.2 Å². The predicted octanol–water partition coefficient (Wildman–Crippen LogP) is 4.73. The SMILES string of the molecule is CC(C)N=C1N=C2c3sc4nc(C(F)F)cc(C5CC5)c4c3NC(=O)C2S1. The van der Waals surface area contributed by atoms with Crippen LogP contribution in [-0.4, -0.2) is 33.1 Å². The third-order valence-electron chi connectivity index (χ3n) is 4.73. The summed E-state index contributed by atoms with van der Waals surface area (Å²) < 4.78 is 26.6. The highest BCUT2D eigenvalue weighted by Crippen LogP contribution is 2.50. The number of thioether (sulfide) groups is 1. The van der Waals surface area contributed by atoms with Gasteiger partial charge in [-0.25, -0.2) is 18.8 Å². The average molecular weight is 406 g/mol. The number of aliphatic imine (C=N–C) groups is 2. The van der Waals surface area contributed by atoms with E-state index >= 15 is 0 Å². The summed E-state index contributed by atoms with van der Waals surface area (Å²) in [7, 11) is 0. The van der Waals surface area contributed by atoms with Crippen LogP contribution >= 0.6 is 23.1 Å². The van der Waals surface area contributed by atoms with Gasteiger partial charge in [0.05, 0.1) is 16.3 Å². The van der Waals surface area contributed by atoms with Crippen LogP contribution in [0.25, 0.3) is 10.2 Å². The van der Waals surface area contributed by atoms with Crippen molar-refractivity contribution < 1.29 is 13.6 Å². The molecule has 1 unspecified atom stereocenters. The number of thiophene rings is 1. The number of aromatic nitrogens is 1. The Morgan fingerprint density at radius 2 is 2.11 bits per heavy atom. The molecular weight excluding hydrogens is 390 g/mol. The molecule has 1 atom stereocenters. The van der Waals surface area contributed by atoms with Gasteiger partial charge >= 0.3 is 0 Å². The zero-order valence-corrected chi connectivity index (χ0v) is 16.3. The molecule has 1 saturated carbocycles. The highest BCUT2D eigenvalue weighted by Gasteiger charge is 2.42. The Labute approximate surface area is 162 Å². The molecule has 2 aromatic rings. The topological polar surface area (TPSA) is 66.7 Å². The molecule has 140 valence electrons. The smallest absolute Gasteiger partial charge is 0.280 e. The van der Waals surface area contributed by atoms with Gasteiger partial charge in [0.15, 0.2) is 5.17 Å². The lowest BCUT2D eigenvalue weighted by Crippen LogP contribution is -2.35. The van der Waals surface area contributed by atoms with Gasteiger partial charge in [0.2, 0.25) is 5.91 Å². The van der Waals surface area contributed by atoms with Crippen LogP contribution in [0.4, 0.5) is 14.5 Å². The summed E-state index contributed by atoms with van der Waals surface area (Å²) in [5.41, 5.74) is 2.02. The third kappa shape index (κ3) is 2.79. The molecule has 2 aromatic heterocycles. The molecular formula is C18H16F2N4OS2. The number of anilines is 1. The van der Waals surface area contributed by atoms with Crippen molar-refractivity contribution in [2.45, 2.75) is 50.3 Å². The number of nitrogens with one attached hydrogen (secondary N) is 1. The maximum absolute atomic E-state index is 13.3. The first kappa shape index (κ1) is 17.2. The Morgan fingerprint density at radius 3 is 2.78 bits per heavy atom. The number of halogens is 2. The first-order chi connectivity index (χ1) is 12.9. The van der Waals surface area contributed by atoms with E-state index in [9.17, 15) is 13.6 Å². The quantitative estimate of drug-likeness (QED) is 0.801. The van der Waals surface area contributed by atoms with Gasteiger partial charge in [-0.05, 0) is 44.2 Å². The number of carbonyl (C=O) groups is 1. The van der Waals surface area contributed by atoms with Gasteiger partial charge in [-0.2, -0.15) is 0 Å². The Kier molecular flexibility index (Phi) is 3.87. The van der Waals surface area contributed by atoms with Gasteiger partial charge in [0.1, 0.15) is 15.8 Å². The van der Waals surface area contributed by atoms with E-state index in [1.807, 2.05) is 13.8 Å². The van der Waals surface area contributed by atoms with E-state index < -0.39 is 11.7 Å². The molecule has 1 amide bonds. The molecule has 0 spiro atoms. The van der Waals surface area contributed by atoms with Crippen molar-refractivity contribution in [1.29, 1.82) is 0 Å². The van der Waals surface area contributed by atoms with Crippen LogP contribution in [0.15, 0.2) is 16.1 Å². The number of rotatable bonds is 3. The number of amides is 1. The van der Waals surface area contributed by atoms with Crippen molar-refractivity contribution in [3.8, 4) is 0 Å². The fourth-order valence-electron chi connectivity index (χ4n) is 3.44. The Bertz CT molecular complexity index is 1040. The molecule has 5 rings (SSSR count). The highest BCUT2D eigenvalue weighted by molar-refractivity contribution is 8.16. The van der Waals surface area contributed by atoms with Crippen molar-refractivity contribution in [1.82, 2.24) is 4.98 Å². The largest absolute Gasteiger partial charge is 0.323 e. The second kappa shape index (κ2) is 6.07. The van der Waals surface area contributed by atoms with Crippen molar-refractivity contribution in [3.63, 3.8) is 0 Å². The van der Waals surface area contributed by atoms with E-state index in [0.29, 0.717) is 21.4 Å². The molecule has 27 heavy (non-hydrogen) atoms. The molecule has 3 aliphatic rings. The lowest BCUT2D eigenvalue weighted by Gasteiger charge is -2.19. The van der Waals surface area contributed by atoms with Gasteiger partial charge in [0, 0.05) is 11.4 Å². The second-order valence-electron chi connectivity index (χ2n) is 7.19. The number of carbonyl (C=O) groups excluding carboxylic acids is 1. The molecule has 9 heteroatoms. The first-order valence-corrected chi connectivity index (χ1v) is 10.5. The second-order valence-corrected chi connectivity index (χ2v) is 9.26. The van der Waals surface area contributed by atoms with Gasteiger partial charge in [-0.15, -0.1) is 11.3 Å². The van der Waals surface area contributed by atoms with Gasteiger partial charge in [-0.1, -0.05) is 11.8 Å². The highest BCUT2D eigenvalue weighted by atomic mass is 32.2. The summed E-state index contributed by atoms with van der Waals surface area (Å²) in [5, 5.41) is 3.94. The minimum Gasteiger partial charge on any atom is -0.323 e. The lowest BCUT2D eigenvalue weighted by molar-refractivity contribution is -0.114. The molecule has 2 aliphatic heterocycles. The zero-order chi connectivity index (χ0) is 18.9. The monoisotopic (exact) mass is 406 g/mol. The van der Waals surface area contributed by atoms with E-state index in [2.05, 4.69) is 20.3 Å². The van der Waals surface area contributed by atoms with Crippen molar-refractivity contribution in [3.05, 3.63) is 22.2 Å². The van der Waals surface area contributed by atoms with Gasteiger partial charge in [-0.3, -0.25) is 9.79 Å². The standard InChI is InChI=1S/C18H16F2N4OS2/c1-6(2)21-18-24-12-13-11(23-16(25)14(12)27-18)10-8(7-3-4-7)5-9(15(19)20)22-17(10)26-13/h5-7,14-15H,3-4H2,1-2H3,(H,23,25). The zero-order valence-electron chi connectivity index (χ0n) is 14.6. The van der Waals surface area contributed by atoms with Crippen LogP contribution in [0.5, 0.6) is 0 Å². The number of amidine groups is 1. The van der Waals surface area contributed by atoms with E-state index in [4.69, 9.17) is 0 Å². The molecule has 1 fully saturated rings. The van der Waals surface area contributed by atoms with Gasteiger partial charge < -0.3 is 5.32 Å². The first-order valence-electron chi connectivity index (χ1n) is 8.82. The summed E-state index contributed by atoms with van der Waals surface area (Å²) in [6.07, 6.45) is -0.659. The molecule has 0 aromatic carbocycles. The van der Waals surface area contributed by atoms with Crippen LogP contribution in [0, 0.1) is 0 Å². The van der Waals surface area contributed by atoms with E-state index in [1.54, 1.807) is 0 Å².